The van der Waals surface area contributed by atoms with Gasteiger partial charge in [0.1, 0.15) is 0 Å². The van der Waals surface area contributed by atoms with Crippen LogP contribution in [0.5, 0.6) is 17.2 Å². The SMILES string of the molecule is CCOc1cc(C(=O)N2CCC[C@@H](N)C2)cc(OCC)c1OCC.Cl. The summed E-state index contributed by atoms with van der Waals surface area (Å²) in [6, 6.07) is 3.52. The van der Waals surface area contributed by atoms with Gasteiger partial charge in [-0.05, 0) is 45.7 Å². The van der Waals surface area contributed by atoms with E-state index in [2.05, 4.69) is 0 Å². The molecule has 0 bridgehead atoms. The van der Waals surface area contributed by atoms with E-state index in [9.17, 15) is 4.79 Å². The van der Waals surface area contributed by atoms with Gasteiger partial charge in [0, 0.05) is 24.7 Å². The van der Waals surface area contributed by atoms with Crippen molar-refractivity contribution in [3.05, 3.63) is 17.7 Å². The lowest BCUT2D eigenvalue weighted by Crippen LogP contribution is -2.45. The number of benzene rings is 1. The molecular weight excluding hydrogens is 344 g/mol. The van der Waals surface area contributed by atoms with Crippen molar-refractivity contribution in [1.29, 1.82) is 0 Å². The first-order valence-electron chi connectivity index (χ1n) is 8.71. The Labute approximate surface area is 156 Å². The van der Waals surface area contributed by atoms with Crippen LogP contribution in [0.2, 0.25) is 0 Å². The van der Waals surface area contributed by atoms with Gasteiger partial charge in [0.25, 0.3) is 5.91 Å². The van der Waals surface area contributed by atoms with Crippen molar-refractivity contribution in [2.24, 2.45) is 5.73 Å². The highest BCUT2D eigenvalue weighted by Crippen LogP contribution is 2.39. The highest BCUT2D eigenvalue weighted by atomic mass is 35.5. The van der Waals surface area contributed by atoms with E-state index in [-0.39, 0.29) is 24.4 Å². The van der Waals surface area contributed by atoms with E-state index in [4.69, 9.17) is 19.9 Å². The Morgan fingerprint density at radius 3 is 2.16 bits per heavy atom. The Morgan fingerprint density at radius 2 is 1.68 bits per heavy atom. The Hall–Kier alpha value is -1.66. The number of rotatable bonds is 7. The molecule has 7 heteroatoms. The summed E-state index contributed by atoms with van der Waals surface area (Å²) in [4.78, 5) is 14.6. The van der Waals surface area contributed by atoms with E-state index in [1.807, 2.05) is 20.8 Å². The fourth-order valence-electron chi connectivity index (χ4n) is 2.89. The zero-order valence-electron chi connectivity index (χ0n) is 15.2. The van der Waals surface area contributed by atoms with Crippen molar-refractivity contribution >= 4 is 18.3 Å². The van der Waals surface area contributed by atoms with E-state index < -0.39 is 0 Å². The number of carbonyl (C=O) groups excluding carboxylic acids is 1. The molecule has 0 saturated carbocycles. The molecule has 25 heavy (non-hydrogen) atoms. The first kappa shape index (κ1) is 21.4. The maximum atomic E-state index is 12.8. The van der Waals surface area contributed by atoms with E-state index >= 15 is 0 Å². The van der Waals surface area contributed by atoms with Gasteiger partial charge in [-0.3, -0.25) is 4.79 Å². The van der Waals surface area contributed by atoms with Gasteiger partial charge in [0.2, 0.25) is 5.75 Å². The third-order valence-electron chi connectivity index (χ3n) is 3.90. The maximum Gasteiger partial charge on any atom is 0.254 e. The fourth-order valence-corrected chi connectivity index (χ4v) is 2.89. The van der Waals surface area contributed by atoms with Gasteiger partial charge in [0.05, 0.1) is 19.8 Å². The molecule has 1 aromatic rings. The maximum absolute atomic E-state index is 12.8. The molecule has 1 saturated heterocycles. The minimum Gasteiger partial charge on any atom is -0.490 e. The largest absolute Gasteiger partial charge is 0.490 e. The average molecular weight is 373 g/mol. The number of likely N-dealkylation sites (tertiary alicyclic amines) is 1. The summed E-state index contributed by atoms with van der Waals surface area (Å²) in [7, 11) is 0. The predicted molar refractivity (Wildman–Crippen MR) is 100 cm³/mol. The minimum atomic E-state index is -0.0462. The summed E-state index contributed by atoms with van der Waals surface area (Å²) in [5.74, 6) is 1.58. The van der Waals surface area contributed by atoms with Crippen molar-refractivity contribution < 1.29 is 19.0 Å². The zero-order valence-corrected chi connectivity index (χ0v) is 16.1. The summed E-state index contributed by atoms with van der Waals surface area (Å²) < 4.78 is 17.0. The van der Waals surface area contributed by atoms with Gasteiger partial charge < -0.3 is 24.8 Å². The van der Waals surface area contributed by atoms with Crippen molar-refractivity contribution in [1.82, 2.24) is 4.90 Å². The molecule has 1 aliphatic rings. The molecule has 1 heterocycles. The molecule has 6 nitrogen and oxygen atoms in total. The zero-order chi connectivity index (χ0) is 17.5. The highest BCUT2D eigenvalue weighted by molar-refractivity contribution is 5.95. The Balaban J connectivity index is 0.00000312. The van der Waals surface area contributed by atoms with Crippen LogP contribution in [0.1, 0.15) is 44.0 Å². The Bertz CT molecular complexity index is 541. The Morgan fingerprint density at radius 1 is 1.12 bits per heavy atom. The normalized spacial score (nSPS) is 16.8. The fraction of sp³-hybridized carbons (Fsp3) is 0.611. The van der Waals surface area contributed by atoms with Crippen molar-refractivity contribution in [2.75, 3.05) is 32.9 Å². The van der Waals surface area contributed by atoms with Crippen LogP contribution >= 0.6 is 12.4 Å². The summed E-state index contributed by atoms with van der Waals surface area (Å²) in [6.07, 6.45) is 1.89. The second kappa shape index (κ2) is 10.4. The first-order chi connectivity index (χ1) is 11.6. The van der Waals surface area contributed by atoms with Crippen LogP contribution in [0.3, 0.4) is 0 Å². The van der Waals surface area contributed by atoms with Crippen LogP contribution in [0.15, 0.2) is 12.1 Å². The van der Waals surface area contributed by atoms with Gasteiger partial charge >= 0.3 is 0 Å². The number of amides is 1. The quantitative estimate of drug-likeness (QED) is 0.796. The average Bonchev–Trinajstić information content (AvgIpc) is 2.57. The van der Waals surface area contributed by atoms with Crippen LogP contribution in [0.25, 0.3) is 0 Å². The molecule has 1 aliphatic heterocycles. The van der Waals surface area contributed by atoms with Crippen LogP contribution in [0, 0.1) is 0 Å². The third-order valence-corrected chi connectivity index (χ3v) is 3.90. The second-order valence-corrected chi connectivity index (χ2v) is 5.75. The predicted octanol–water partition coefficient (Wildman–Crippen LogP) is 2.87. The number of halogens is 1. The molecule has 1 aromatic carbocycles. The van der Waals surface area contributed by atoms with Gasteiger partial charge in [0.15, 0.2) is 11.5 Å². The molecule has 2 rings (SSSR count). The van der Waals surface area contributed by atoms with Gasteiger partial charge in [-0.2, -0.15) is 0 Å². The molecule has 1 fully saturated rings. The van der Waals surface area contributed by atoms with Crippen LogP contribution < -0.4 is 19.9 Å². The van der Waals surface area contributed by atoms with Crippen LogP contribution in [-0.2, 0) is 0 Å². The molecule has 0 aliphatic carbocycles. The minimum absolute atomic E-state index is 0. The summed E-state index contributed by atoms with van der Waals surface area (Å²) >= 11 is 0. The number of nitrogens with zero attached hydrogens (tertiary/aromatic N) is 1. The topological polar surface area (TPSA) is 74.0 Å². The van der Waals surface area contributed by atoms with Crippen molar-refractivity contribution in [3.8, 4) is 17.2 Å². The number of hydrogen-bond acceptors (Lipinski definition) is 5. The first-order valence-corrected chi connectivity index (χ1v) is 8.71. The lowest BCUT2D eigenvalue weighted by atomic mass is 10.0. The van der Waals surface area contributed by atoms with Crippen LogP contribution in [-0.4, -0.2) is 49.8 Å². The van der Waals surface area contributed by atoms with Gasteiger partial charge in [-0.25, -0.2) is 0 Å². The molecule has 1 amide bonds. The molecule has 1 atom stereocenters. The number of carbonyl (C=O) groups is 1. The molecule has 2 N–H and O–H groups in total. The molecular formula is C18H29ClN2O4. The van der Waals surface area contributed by atoms with Gasteiger partial charge in [-0.15, -0.1) is 12.4 Å². The van der Waals surface area contributed by atoms with E-state index in [1.165, 1.54) is 0 Å². The number of hydrogen-bond donors (Lipinski definition) is 1. The highest BCUT2D eigenvalue weighted by Gasteiger charge is 2.25. The molecule has 0 radical (unpaired) electrons. The lowest BCUT2D eigenvalue weighted by molar-refractivity contribution is 0.0707. The number of nitrogens with two attached hydrogens (primary N) is 1. The molecule has 142 valence electrons. The van der Waals surface area contributed by atoms with E-state index in [1.54, 1.807) is 17.0 Å². The second-order valence-electron chi connectivity index (χ2n) is 5.75. The summed E-state index contributed by atoms with van der Waals surface area (Å²) in [5.41, 5.74) is 6.54. The van der Waals surface area contributed by atoms with Crippen molar-refractivity contribution in [3.63, 3.8) is 0 Å². The molecule has 0 aromatic heterocycles. The van der Waals surface area contributed by atoms with Gasteiger partial charge in [-0.1, -0.05) is 0 Å². The third kappa shape index (κ3) is 5.41. The lowest BCUT2D eigenvalue weighted by Gasteiger charge is -2.31. The number of piperidine rings is 1. The smallest absolute Gasteiger partial charge is 0.254 e. The summed E-state index contributed by atoms with van der Waals surface area (Å²) in [5, 5.41) is 0. The molecule has 0 unspecified atom stereocenters. The standard InChI is InChI=1S/C18H28N2O4.ClH/c1-4-22-15-10-13(11-16(23-5-2)17(15)24-6-3)18(21)20-9-7-8-14(19)12-20;/h10-11,14H,4-9,12,19H2,1-3H3;1H/t14-;/m1./s1. The molecule has 0 spiro atoms. The number of ether oxygens (including phenoxy) is 3. The monoisotopic (exact) mass is 372 g/mol. The summed E-state index contributed by atoms with van der Waals surface area (Å²) in [6.45, 7) is 8.47. The Kier molecular flexibility index (Phi) is 8.86. The van der Waals surface area contributed by atoms with Crippen LogP contribution in [0.4, 0.5) is 0 Å². The van der Waals surface area contributed by atoms with E-state index in [0.29, 0.717) is 49.2 Å². The van der Waals surface area contributed by atoms with Crippen molar-refractivity contribution in [2.45, 2.75) is 39.7 Å². The van der Waals surface area contributed by atoms with E-state index in [0.717, 1.165) is 19.4 Å².